The molecule has 1 aliphatic carbocycles. The monoisotopic (exact) mass is 1330 g/mol. The van der Waals surface area contributed by atoms with Gasteiger partial charge in [0.1, 0.15) is 11.5 Å². The third-order valence-corrected chi connectivity index (χ3v) is 19.9. The van der Waals surface area contributed by atoms with Crippen LogP contribution < -0.4 is 34.1 Å². The third kappa shape index (κ3) is 11.4. The molecule has 0 N–H and O–H groups in total. The number of hydrogen-bond acceptors (Lipinski definition) is 7. The molecule has 0 aromatic heterocycles. The second-order valence-electron chi connectivity index (χ2n) is 26.1. The molecule has 18 rings (SSSR count). The number of hydrogen-bond donors (Lipinski definition) is 0. The van der Waals surface area contributed by atoms with Gasteiger partial charge in [-0.05, 0) is 192 Å². The maximum absolute atomic E-state index is 7.84. The van der Waals surface area contributed by atoms with Gasteiger partial charge in [0, 0.05) is 91.5 Å². The summed E-state index contributed by atoms with van der Waals surface area (Å²) in [6.45, 7) is 0. The maximum atomic E-state index is 7.84. The smallest absolute Gasteiger partial charge is 0.134 e. The molecule has 7 nitrogen and oxygen atoms in total. The zero-order chi connectivity index (χ0) is 69.2. The first kappa shape index (κ1) is 62.4. The molecular formula is C97H70N6O. The Morgan fingerprint density at radius 3 is 0.538 bits per heavy atom. The van der Waals surface area contributed by atoms with Gasteiger partial charge in [-0.3, -0.25) is 0 Å². The molecule has 16 aromatic rings. The number of para-hydroxylation sites is 10. The summed E-state index contributed by atoms with van der Waals surface area (Å²) in [6.07, 6.45) is 0. The number of fused-ring (bicyclic) bond motifs is 9. The lowest BCUT2D eigenvalue weighted by atomic mass is 9.66. The van der Waals surface area contributed by atoms with Gasteiger partial charge in [-0.2, -0.15) is 0 Å². The fourth-order valence-corrected chi connectivity index (χ4v) is 15.6. The highest BCUT2D eigenvalue weighted by molar-refractivity contribution is 5.95. The van der Waals surface area contributed by atoms with Crippen LogP contribution in [0.2, 0.25) is 0 Å². The van der Waals surface area contributed by atoms with E-state index in [1.807, 2.05) is 0 Å². The van der Waals surface area contributed by atoms with E-state index >= 15 is 0 Å². The third-order valence-electron chi connectivity index (χ3n) is 19.9. The molecule has 0 fully saturated rings. The molecule has 0 saturated carbocycles. The molecule has 2 aliphatic rings. The van der Waals surface area contributed by atoms with E-state index in [-0.39, 0.29) is 0 Å². The fourth-order valence-electron chi connectivity index (χ4n) is 15.6. The normalized spacial score (nSPS) is 12.0. The van der Waals surface area contributed by atoms with E-state index in [0.717, 1.165) is 125 Å². The van der Waals surface area contributed by atoms with Crippen LogP contribution in [0.5, 0.6) is 11.5 Å². The van der Waals surface area contributed by atoms with Crippen LogP contribution in [0.25, 0.3) is 11.1 Å². The van der Waals surface area contributed by atoms with Crippen molar-refractivity contribution in [3.05, 3.63) is 447 Å². The predicted octanol–water partition coefficient (Wildman–Crippen LogP) is 27.0. The first-order valence-corrected chi connectivity index (χ1v) is 35.4. The molecular weight excluding hydrogens is 1270 g/mol. The van der Waals surface area contributed by atoms with Gasteiger partial charge in [0.25, 0.3) is 0 Å². The highest BCUT2D eigenvalue weighted by atomic mass is 16.5. The van der Waals surface area contributed by atoms with Crippen LogP contribution in [0.15, 0.2) is 425 Å². The van der Waals surface area contributed by atoms with Gasteiger partial charge in [0.15, 0.2) is 0 Å². The van der Waals surface area contributed by atoms with E-state index in [9.17, 15) is 0 Å². The Morgan fingerprint density at radius 1 is 0.144 bits per heavy atom. The van der Waals surface area contributed by atoms with E-state index in [2.05, 4.69) is 454 Å². The average Bonchev–Trinajstić information content (AvgIpc) is 1.50. The molecule has 1 spiro atoms. The largest absolute Gasteiger partial charge is 0.457 e. The van der Waals surface area contributed by atoms with E-state index in [1.165, 1.54) is 22.3 Å². The van der Waals surface area contributed by atoms with Gasteiger partial charge in [0.05, 0.1) is 39.5 Å². The summed E-state index contributed by atoms with van der Waals surface area (Å²) in [5.41, 5.74) is 24.0. The van der Waals surface area contributed by atoms with Crippen LogP contribution >= 0.6 is 0 Å². The predicted molar refractivity (Wildman–Crippen MR) is 432 cm³/mol. The molecule has 494 valence electrons. The van der Waals surface area contributed by atoms with Crippen molar-refractivity contribution >= 4 is 102 Å². The van der Waals surface area contributed by atoms with E-state index < -0.39 is 5.41 Å². The molecule has 1 aliphatic heterocycles. The zero-order valence-electron chi connectivity index (χ0n) is 57.0. The quantitative estimate of drug-likeness (QED) is 0.0845. The fraction of sp³-hybridized carbons (Fsp3) is 0.0103. The molecule has 0 saturated heterocycles. The van der Waals surface area contributed by atoms with Crippen LogP contribution in [0.3, 0.4) is 0 Å². The summed E-state index contributed by atoms with van der Waals surface area (Å²) in [5, 5.41) is 0. The lowest BCUT2D eigenvalue weighted by Crippen LogP contribution is -2.32. The average molecular weight is 1340 g/mol. The van der Waals surface area contributed by atoms with Crippen LogP contribution in [-0.2, 0) is 5.41 Å². The molecule has 16 aromatic carbocycles. The molecule has 1 heterocycles. The first-order valence-electron chi connectivity index (χ1n) is 35.4. The van der Waals surface area contributed by atoms with Gasteiger partial charge in [-0.1, -0.05) is 243 Å². The van der Waals surface area contributed by atoms with E-state index in [1.54, 1.807) is 0 Å². The van der Waals surface area contributed by atoms with Crippen molar-refractivity contribution in [1.82, 2.24) is 0 Å². The Bertz CT molecular complexity index is 4950. The Balaban J connectivity index is 0.865. The number of benzene rings is 16. The Morgan fingerprint density at radius 2 is 0.327 bits per heavy atom. The highest BCUT2D eigenvalue weighted by Crippen LogP contribution is 2.64. The second-order valence-corrected chi connectivity index (χ2v) is 26.1. The summed E-state index contributed by atoms with van der Waals surface area (Å²) in [5.74, 6) is 1.50. The van der Waals surface area contributed by atoms with Gasteiger partial charge in [-0.25, -0.2) is 0 Å². The summed E-state index contributed by atoms with van der Waals surface area (Å²) in [6, 6.07) is 153. The van der Waals surface area contributed by atoms with Crippen LogP contribution in [0.4, 0.5) is 102 Å². The second kappa shape index (κ2) is 27.3. The number of anilines is 18. The lowest BCUT2D eigenvalue weighted by molar-refractivity contribution is 0.436. The van der Waals surface area contributed by atoms with Crippen molar-refractivity contribution in [2.75, 3.05) is 29.4 Å². The summed E-state index contributed by atoms with van der Waals surface area (Å²) >= 11 is 0. The summed E-state index contributed by atoms with van der Waals surface area (Å²) in [7, 11) is 0. The molecule has 0 amide bonds. The standard InChI is InChI=1S/C97H70N6O/c1-11-35-71(36-12-1)98(72-37-13-2-14-38-72)83-63-84(99(73-39-15-3-16-40-73)74-41-17-4-18-42-74)66-87(65-83)102(79-51-27-9-28-52-79)81-59-61-93-95(69-81)104-96-70-82(60-62-94(96)97(93)91-57-33-31-55-89(91)90-56-32-34-58-92(90)97)103(80-53-29-10-30-54-80)88-67-85(100(75-43-19-5-20-44-75)76-45-21-6-22-46-76)64-86(68-88)101(77-47-23-7-24-48-77)78-49-25-8-26-50-78/h1-70H. The number of nitrogens with zero attached hydrogens (tertiary/aromatic N) is 6. The van der Waals surface area contributed by atoms with Gasteiger partial charge in [-0.15, -0.1) is 0 Å². The summed E-state index contributed by atoms with van der Waals surface area (Å²) in [4.78, 5) is 14.2. The Hall–Kier alpha value is -13.9. The molecule has 0 unspecified atom stereocenters. The first-order chi connectivity index (χ1) is 51.6. The molecule has 7 heteroatoms. The minimum Gasteiger partial charge on any atom is -0.457 e. The topological polar surface area (TPSA) is 28.7 Å². The van der Waals surface area contributed by atoms with E-state index in [4.69, 9.17) is 4.74 Å². The van der Waals surface area contributed by atoms with Crippen LogP contribution in [0.1, 0.15) is 22.3 Å². The number of rotatable bonds is 18. The van der Waals surface area contributed by atoms with Gasteiger partial charge < -0.3 is 34.1 Å². The maximum Gasteiger partial charge on any atom is 0.134 e. The minimum atomic E-state index is -0.794. The van der Waals surface area contributed by atoms with E-state index in [0.29, 0.717) is 0 Å². The van der Waals surface area contributed by atoms with Crippen molar-refractivity contribution < 1.29 is 4.74 Å². The van der Waals surface area contributed by atoms with Crippen molar-refractivity contribution in [1.29, 1.82) is 0 Å². The van der Waals surface area contributed by atoms with Crippen LogP contribution in [0, 0.1) is 0 Å². The highest BCUT2D eigenvalue weighted by Gasteiger charge is 2.51. The molecule has 104 heavy (non-hydrogen) atoms. The van der Waals surface area contributed by atoms with Crippen molar-refractivity contribution in [2.24, 2.45) is 0 Å². The number of ether oxygens (including phenoxy) is 1. The SMILES string of the molecule is c1ccc(N(c2ccccc2)c2cc(N(c3ccccc3)c3ccccc3)cc(N(c3ccccc3)c3ccc4c(c3)Oc3cc(N(c5ccccc5)c5cc(N(c6ccccc6)c6ccccc6)cc(N(c6ccccc6)c6ccccc6)c5)ccc3C43c4ccccc4-c4ccccc43)c2)cc1. The Labute approximate surface area is 607 Å². The van der Waals surface area contributed by atoms with Crippen molar-refractivity contribution in [3.8, 4) is 22.6 Å². The zero-order valence-corrected chi connectivity index (χ0v) is 57.0. The van der Waals surface area contributed by atoms with Gasteiger partial charge in [0.2, 0.25) is 0 Å². The molecule has 0 radical (unpaired) electrons. The van der Waals surface area contributed by atoms with Gasteiger partial charge >= 0.3 is 0 Å². The summed E-state index contributed by atoms with van der Waals surface area (Å²) < 4.78 is 7.84. The minimum absolute atomic E-state index is 0.750. The Kier molecular flexibility index (Phi) is 16.4. The molecule has 0 bridgehead atoms. The van der Waals surface area contributed by atoms with Crippen molar-refractivity contribution in [3.63, 3.8) is 0 Å². The van der Waals surface area contributed by atoms with Crippen molar-refractivity contribution in [2.45, 2.75) is 5.41 Å². The lowest BCUT2D eigenvalue weighted by Gasteiger charge is -2.40. The molecule has 0 atom stereocenters. The van der Waals surface area contributed by atoms with Crippen LogP contribution in [-0.4, -0.2) is 0 Å².